The zero-order valence-corrected chi connectivity index (χ0v) is 5.12. The Hall–Kier alpha value is -1.01. The van der Waals surface area contributed by atoms with Gasteiger partial charge in [-0.25, -0.2) is 5.84 Å². The summed E-state index contributed by atoms with van der Waals surface area (Å²) in [5.74, 6) is 5.41. The molecule has 0 spiro atoms. The first-order valence-electron chi connectivity index (χ1n) is 2.94. The van der Waals surface area contributed by atoms with E-state index < -0.39 is 0 Å². The first-order valence-corrected chi connectivity index (χ1v) is 2.94. The molecule has 1 heterocycles. The molecule has 0 saturated carbocycles. The Labute approximate surface area is 54.3 Å². The van der Waals surface area contributed by atoms with Gasteiger partial charge in [0.2, 0.25) is 0 Å². The minimum atomic E-state index is -0.116. The number of nitrogens with two attached hydrogens (primary N) is 1. The van der Waals surface area contributed by atoms with Gasteiger partial charge in [-0.05, 0) is 12.8 Å². The van der Waals surface area contributed by atoms with Crippen LogP contribution in [0.5, 0.6) is 0 Å². The molecule has 3 nitrogen and oxygen atoms in total. The molecule has 1 aliphatic rings. The summed E-state index contributed by atoms with van der Waals surface area (Å²) in [6.45, 7) is 0. The molecule has 0 aromatic rings. The minimum Gasteiger partial charge on any atom is -0.301 e. The highest BCUT2D eigenvalue weighted by molar-refractivity contribution is 5.00. The quantitative estimate of drug-likeness (QED) is 0.473. The Balaban J connectivity index is 2.57. The van der Waals surface area contributed by atoms with Crippen molar-refractivity contribution < 1.29 is 0 Å². The molecule has 0 saturated heterocycles. The van der Waals surface area contributed by atoms with Gasteiger partial charge in [0.25, 0.3) is 0 Å². The highest BCUT2D eigenvalue weighted by Crippen LogP contribution is 2.08. The van der Waals surface area contributed by atoms with Crippen molar-refractivity contribution >= 4 is 0 Å². The van der Waals surface area contributed by atoms with Crippen LogP contribution >= 0.6 is 0 Å². The van der Waals surface area contributed by atoms with E-state index >= 15 is 0 Å². The highest BCUT2D eigenvalue weighted by atomic mass is 15.4. The van der Waals surface area contributed by atoms with Crippen LogP contribution in [0.25, 0.3) is 0 Å². The Kier molecular flexibility index (Phi) is 1.71. The summed E-state index contributed by atoms with van der Waals surface area (Å²) in [6, 6.07) is 1.99. The molecule has 1 rings (SSSR count). The van der Waals surface area contributed by atoms with Crippen molar-refractivity contribution in [3.05, 3.63) is 12.3 Å². The molecule has 1 aliphatic heterocycles. The smallest absolute Gasteiger partial charge is 0.131 e. The normalized spacial score (nSPS) is 25.8. The molecule has 48 valence electrons. The standard InChI is InChI=1S/C6H9N3/c7-5-6-3-1-2-4-9(6)8/h2,4,6H,1,3,8H2. The van der Waals surface area contributed by atoms with Crippen LogP contribution in [-0.4, -0.2) is 11.1 Å². The minimum absolute atomic E-state index is 0.116. The van der Waals surface area contributed by atoms with Crippen LogP contribution in [0.1, 0.15) is 12.8 Å². The predicted octanol–water partition coefficient (Wildman–Crippen LogP) is 0.362. The lowest BCUT2D eigenvalue weighted by Crippen LogP contribution is -2.37. The van der Waals surface area contributed by atoms with E-state index in [9.17, 15) is 0 Å². The summed E-state index contributed by atoms with van der Waals surface area (Å²) in [5.41, 5.74) is 0. The van der Waals surface area contributed by atoms with E-state index in [-0.39, 0.29) is 6.04 Å². The molecular formula is C6H9N3. The lowest BCUT2D eigenvalue weighted by molar-refractivity contribution is 0.309. The van der Waals surface area contributed by atoms with Crippen LogP contribution in [0.4, 0.5) is 0 Å². The molecule has 0 aromatic heterocycles. The molecule has 0 aliphatic carbocycles. The largest absolute Gasteiger partial charge is 0.301 e. The lowest BCUT2D eigenvalue weighted by Gasteiger charge is -2.22. The molecule has 1 atom stereocenters. The molecular weight excluding hydrogens is 114 g/mol. The Bertz CT molecular complexity index is 156. The molecule has 0 fully saturated rings. The van der Waals surface area contributed by atoms with E-state index in [2.05, 4.69) is 6.07 Å². The molecule has 3 heteroatoms. The predicted molar refractivity (Wildman–Crippen MR) is 33.8 cm³/mol. The van der Waals surface area contributed by atoms with Crippen molar-refractivity contribution in [3.8, 4) is 6.07 Å². The third kappa shape index (κ3) is 1.21. The Morgan fingerprint density at radius 2 is 2.56 bits per heavy atom. The maximum Gasteiger partial charge on any atom is 0.131 e. The molecule has 0 bridgehead atoms. The van der Waals surface area contributed by atoms with Crippen LogP contribution in [0.2, 0.25) is 0 Å². The number of allylic oxidation sites excluding steroid dienone is 1. The molecule has 0 amide bonds. The zero-order valence-electron chi connectivity index (χ0n) is 5.12. The van der Waals surface area contributed by atoms with Crippen LogP contribution in [0.15, 0.2) is 12.3 Å². The van der Waals surface area contributed by atoms with Crippen LogP contribution in [-0.2, 0) is 0 Å². The molecule has 1 unspecified atom stereocenters. The Morgan fingerprint density at radius 1 is 1.78 bits per heavy atom. The van der Waals surface area contributed by atoms with Gasteiger partial charge in [-0.15, -0.1) is 0 Å². The van der Waals surface area contributed by atoms with Crippen LogP contribution in [0.3, 0.4) is 0 Å². The van der Waals surface area contributed by atoms with Gasteiger partial charge in [-0.3, -0.25) is 0 Å². The summed E-state index contributed by atoms with van der Waals surface area (Å²) in [6.07, 6.45) is 5.53. The monoisotopic (exact) mass is 123 g/mol. The first-order chi connectivity index (χ1) is 4.34. The van der Waals surface area contributed by atoms with E-state index in [1.807, 2.05) is 6.08 Å². The van der Waals surface area contributed by atoms with Gasteiger partial charge >= 0.3 is 0 Å². The number of hydrogen-bond donors (Lipinski definition) is 1. The average molecular weight is 123 g/mol. The van der Waals surface area contributed by atoms with Crippen molar-refractivity contribution in [1.82, 2.24) is 5.01 Å². The Morgan fingerprint density at radius 3 is 3.00 bits per heavy atom. The van der Waals surface area contributed by atoms with Crippen molar-refractivity contribution in [1.29, 1.82) is 5.26 Å². The molecule has 2 N–H and O–H groups in total. The number of nitrogens with zero attached hydrogens (tertiary/aromatic N) is 2. The zero-order chi connectivity index (χ0) is 6.69. The second-order valence-corrected chi connectivity index (χ2v) is 2.05. The second-order valence-electron chi connectivity index (χ2n) is 2.05. The van der Waals surface area contributed by atoms with E-state index in [0.717, 1.165) is 12.8 Å². The van der Waals surface area contributed by atoms with Gasteiger partial charge in [0.15, 0.2) is 0 Å². The molecule has 9 heavy (non-hydrogen) atoms. The summed E-state index contributed by atoms with van der Waals surface area (Å²) < 4.78 is 0. The first kappa shape index (κ1) is 6.12. The summed E-state index contributed by atoms with van der Waals surface area (Å²) in [5, 5.41) is 9.90. The molecule has 0 aromatic carbocycles. The third-order valence-corrected chi connectivity index (χ3v) is 1.39. The van der Waals surface area contributed by atoms with E-state index in [1.165, 1.54) is 5.01 Å². The number of nitriles is 1. The van der Waals surface area contributed by atoms with E-state index in [4.69, 9.17) is 11.1 Å². The SMILES string of the molecule is N#CC1CCC=CN1N. The lowest BCUT2D eigenvalue weighted by atomic mass is 10.1. The topological polar surface area (TPSA) is 53.0 Å². The highest BCUT2D eigenvalue weighted by Gasteiger charge is 2.12. The van der Waals surface area contributed by atoms with Crippen molar-refractivity contribution in [2.45, 2.75) is 18.9 Å². The fraction of sp³-hybridized carbons (Fsp3) is 0.500. The molecule has 0 radical (unpaired) electrons. The summed E-state index contributed by atoms with van der Waals surface area (Å²) in [7, 11) is 0. The number of rotatable bonds is 0. The maximum atomic E-state index is 8.46. The van der Waals surface area contributed by atoms with Gasteiger partial charge in [0, 0.05) is 6.20 Å². The van der Waals surface area contributed by atoms with Crippen molar-refractivity contribution in [3.63, 3.8) is 0 Å². The van der Waals surface area contributed by atoms with E-state index in [1.54, 1.807) is 6.20 Å². The van der Waals surface area contributed by atoms with Crippen molar-refractivity contribution in [2.75, 3.05) is 0 Å². The van der Waals surface area contributed by atoms with Crippen LogP contribution in [0, 0.1) is 11.3 Å². The van der Waals surface area contributed by atoms with Crippen molar-refractivity contribution in [2.24, 2.45) is 5.84 Å². The number of hydrogen-bond acceptors (Lipinski definition) is 3. The second kappa shape index (κ2) is 2.51. The summed E-state index contributed by atoms with van der Waals surface area (Å²) in [4.78, 5) is 0. The number of hydrazine groups is 1. The fourth-order valence-corrected chi connectivity index (χ4v) is 0.835. The van der Waals surface area contributed by atoms with Gasteiger partial charge in [-0.1, -0.05) is 6.08 Å². The maximum absolute atomic E-state index is 8.46. The summed E-state index contributed by atoms with van der Waals surface area (Å²) >= 11 is 0. The fourth-order valence-electron chi connectivity index (χ4n) is 0.835. The van der Waals surface area contributed by atoms with Crippen LogP contribution < -0.4 is 5.84 Å². The van der Waals surface area contributed by atoms with Gasteiger partial charge in [-0.2, -0.15) is 5.26 Å². The third-order valence-electron chi connectivity index (χ3n) is 1.39. The van der Waals surface area contributed by atoms with Gasteiger partial charge < -0.3 is 5.01 Å². The van der Waals surface area contributed by atoms with Gasteiger partial charge in [0.05, 0.1) is 6.07 Å². The average Bonchev–Trinajstić information content (AvgIpc) is 1.89. The van der Waals surface area contributed by atoms with E-state index in [0.29, 0.717) is 0 Å². The van der Waals surface area contributed by atoms with Gasteiger partial charge in [0.1, 0.15) is 6.04 Å².